The smallest absolute Gasteiger partial charge is 0.223 e. The molecule has 2 saturated heterocycles. The van der Waals surface area contributed by atoms with Gasteiger partial charge in [0.15, 0.2) is 5.82 Å². The van der Waals surface area contributed by atoms with E-state index in [9.17, 15) is 4.79 Å². The average molecular weight is 392 g/mol. The van der Waals surface area contributed by atoms with Crippen molar-refractivity contribution in [3.8, 4) is 11.4 Å². The van der Waals surface area contributed by atoms with Crippen LogP contribution >= 0.6 is 0 Å². The molecule has 1 atom stereocenters. The van der Waals surface area contributed by atoms with Crippen LogP contribution in [0.1, 0.15) is 36.9 Å². The predicted octanol–water partition coefficient (Wildman–Crippen LogP) is 2.33. The lowest BCUT2D eigenvalue weighted by Gasteiger charge is -2.33. The number of hydrogen-bond acceptors (Lipinski definition) is 5. The van der Waals surface area contributed by atoms with E-state index in [0.717, 1.165) is 81.9 Å². The van der Waals surface area contributed by atoms with Crippen molar-refractivity contribution in [3.05, 3.63) is 41.6 Å². The Morgan fingerprint density at radius 3 is 2.66 bits per heavy atom. The van der Waals surface area contributed by atoms with E-state index in [1.807, 2.05) is 18.2 Å². The van der Waals surface area contributed by atoms with E-state index >= 15 is 0 Å². The van der Waals surface area contributed by atoms with Crippen molar-refractivity contribution in [3.63, 3.8) is 0 Å². The van der Waals surface area contributed by atoms with Crippen LogP contribution in [0.4, 0.5) is 5.82 Å². The molecule has 2 fully saturated rings. The number of fused-ring (bicyclic) bond motifs is 1. The highest BCUT2D eigenvalue weighted by atomic mass is 16.2. The van der Waals surface area contributed by atoms with Crippen molar-refractivity contribution < 1.29 is 4.79 Å². The Balaban J connectivity index is 1.31. The van der Waals surface area contributed by atoms with Crippen molar-refractivity contribution in [1.82, 2.24) is 20.6 Å². The molecule has 1 aromatic carbocycles. The summed E-state index contributed by atoms with van der Waals surface area (Å²) < 4.78 is 0. The van der Waals surface area contributed by atoms with Gasteiger partial charge in [-0.1, -0.05) is 30.3 Å². The Labute approximate surface area is 172 Å². The number of carbonyl (C=O) groups is 1. The zero-order chi connectivity index (χ0) is 19.6. The Morgan fingerprint density at radius 2 is 1.90 bits per heavy atom. The molecule has 3 aliphatic rings. The molecule has 3 heterocycles. The highest BCUT2D eigenvalue weighted by Crippen LogP contribution is 2.33. The number of anilines is 1. The zero-order valence-electron chi connectivity index (χ0n) is 16.9. The number of rotatable bonds is 4. The maximum Gasteiger partial charge on any atom is 0.223 e. The van der Waals surface area contributed by atoms with Crippen LogP contribution < -0.4 is 15.5 Å². The SMILES string of the molecule is O=C(NC1CCNC1)C1CCN(c2nc(-c3ccccc3)nc3c2CCC3)CC1. The number of nitrogens with one attached hydrogen (secondary N) is 2. The van der Waals surface area contributed by atoms with Crippen molar-refractivity contribution in [2.75, 3.05) is 31.1 Å². The molecule has 152 valence electrons. The molecule has 2 aliphatic heterocycles. The number of carbonyl (C=O) groups excluding carboxylic acids is 1. The van der Waals surface area contributed by atoms with E-state index in [-0.39, 0.29) is 11.8 Å². The molecule has 6 heteroatoms. The maximum atomic E-state index is 12.6. The lowest BCUT2D eigenvalue weighted by atomic mass is 9.95. The van der Waals surface area contributed by atoms with E-state index in [4.69, 9.17) is 9.97 Å². The zero-order valence-corrected chi connectivity index (χ0v) is 16.9. The number of nitrogens with zero attached hydrogens (tertiary/aromatic N) is 3. The first-order chi connectivity index (χ1) is 14.3. The Kier molecular flexibility index (Phi) is 5.19. The van der Waals surface area contributed by atoms with Crippen molar-refractivity contribution >= 4 is 11.7 Å². The second kappa shape index (κ2) is 8.11. The summed E-state index contributed by atoms with van der Waals surface area (Å²) in [6.07, 6.45) is 6.09. The molecule has 0 bridgehead atoms. The number of aryl methyl sites for hydroxylation is 1. The summed E-state index contributed by atoms with van der Waals surface area (Å²) in [6.45, 7) is 3.68. The molecule has 0 spiro atoms. The third-order valence-corrected chi connectivity index (χ3v) is 6.52. The Bertz CT molecular complexity index is 870. The van der Waals surface area contributed by atoms with Gasteiger partial charge in [-0.2, -0.15) is 0 Å². The minimum atomic E-state index is 0.121. The number of piperidine rings is 1. The van der Waals surface area contributed by atoms with E-state index in [2.05, 4.69) is 27.7 Å². The fourth-order valence-electron chi connectivity index (χ4n) is 4.84. The standard InChI is InChI=1S/C23H29N5O/c29-23(25-18-9-12-24-15-18)17-10-13-28(14-11-17)22-19-7-4-8-20(19)26-21(27-22)16-5-2-1-3-6-16/h1-3,5-6,17-18,24H,4,7-15H2,(H,25,29). The van der Waals surface area contributed by atoms with E-state index in [1.54, 1.807) is 0 Å². The monoisotopic (exact) mass is 391 g/mol. The van der Waals surface area contributed by atoms with Crippen LogP contribution in [0.15, 0.2) is 30.3 Å². The summed E-state index contributed by atoms with van der Waals surface area (Å²) >= 11 is 0. The number of aromatic nitrogens is 2. The summed E-state index contributed by atoms with van der Waals surface area (Å²) in [7, 11) is 0. The normalized spacial score (nSPS) is 21.9. The van der Waals surface area contributed by atoms with Gasteiger partial charge in [-0.25, -0.2) is 9.97 Å². The molecule has 0 radical (unpaired) electrons. The molecule has 1 amide bonds. The summed E-state index contributed by atoms with van der Waals surface area (Å²) in [5, 5.41) is 6.54. The molecule has 6 nitrogen and oxygen atoms in total. The third-order valence-electron chi connectivity index (χ3n) is 6.52. The molecule has 1 aromatic heterocycles. The minimum absolute atomic E-state index is 0.121. The van der Waals surface area contributed by atoms with Crippen LogP contribution in [0.25, 0.3) is 11.4 Å². The first kappa shape index (κ1) is 18.6. The molecule has 2 aromatic rings. The van der Waals surface area contributed by atoms with Crippen molar-refractivity contribution in [2.24, 2.45) is 5.92 Å². The topological polar surface area (TPSA) is 70.2 Å². The minimum Gasteiger partial charge on any atom is -0.356 e. The lowest BCUT2D eigenvalue weighted by molar-refractivity contribution is -0.126. The van der Waals surface area contributed by atoms with Crippen molar-refractivity contribution in [2.45, 2.75) is 44.6 Å². The summed E-state index contributed by atoms with van der Waals surface area (Å²) in [6, 6.07) is 10.6. The summed E-state index contributed by atoms with van der Waals surface area (Å²) in [5.41, 5.74) is 3.61. The van der Waals surface area contributed by atoms with Gasteiger partial charge in [-0.3, -0.25) is 4.79 Å². The third kappa shape index (κ3) is 3.86. The van der Waals surface area contributed by atoms with Crippen LogP contribution in [-0.2, 0) is 17.6 Å². The van der Waals surface area contributed by atoms with Crippen LogP contribution in [-0.4, -0.2) is 48.1 Å². The van der Waals surface area contributed by atoms with Crippen molar-refractivity contribution in [1.29, 1.82) is 0 Å². The lowest BCUT2D eigenvalue weighted by Crippen LogP contribution is -2.44. The Morgan fingerprint density at radius 1 is 1.07 bits per heavy atom. The molecule has 0 saturated carbocycles. The van der Waals surface area contributed by atoms with Gasteiger partial charge in [0.1, 0.15) is 5.82 Å². The quantitative estimate of drug-likeness (QED) is 0.837. The molecular formula is C23H29N5O. The van der Waals surface area contributed by atoms with Gasteiger partial charge >= 0.3 is 0 Å². The highest BCUT2D eigenvalue weighted by molar-refractivity contribution is 5.79. The van der Waals surface area contributed by atoms with Gasteiger partial charge in [0.05, 0.1) is 0 Å². The van der Waals surface area contributed by atoms with E-state index < -0.39 is 0 Å². The number of benzene rings is 1. The first-order valence-corrected chi connectivity index (χ1v) is 11.0. The van der Waals surface area contributed by atoms with Gasteiger partial charge < -0.3 is 15.5 Å². The molecule has 2 N–H and O–H groups in total. The fraction of sp³-hybridized carbons (Fsp3) is 0.522. The van der Waals surface area contributed by atoms with Crippen LogP contribution in [0.2, 0.25) is 0 Å². The van der Waals surface area contributed by atoms with E-state index in [1.165, 1.54) is 11.3 Å². The second-order valence-corrected chi connectivity index (χ2v) is 8.48. The van der Waals surface area contributed by atoms with Crippen LogP contribution in [0, 0.1) is 5.92 Å². The Hall–Kier alpha value is -2.47. The summed E-state index contributed by atoms with van der Waals surface area (Å²) in [5.74, 6) is 2.28. The van der Waals surface area contributed by atoms with Gasteiger partial charge in [-0.15, -0.1) is 0 Å². The maximum absolute atomic E-state index is 12.6. The molecule has 1 aliphatic carbocycles. The highest BCUT2D eigenvalue weighted by Gasteiger charge is 2.30. The average Bonchev–Trinajstić information content (AvgIpc) is 3.45. The van der Waals surface area contributed by atoms with Crippen LogP contribution in [0.3, 0.4) is 0 Å². The molecular weight excluding hydrogens is 362 g/mol. The molecule has 1 unspecified atom stereocenters. The predicted molar refractivity (Wildman–Crippen MR) is 114 cm³/mol. The summed E-state index contributed by atoms with van der Waals surface area (Å²) in [4.78, 5) is 24.9. The second-order valence-electron chi connectivity index (χ2n) is 8.48. The first-order valence-electron chi connectivity index (χ1n) is 11.0. The molecule has 29 heavy (non-hydrogen) atoms. The van der Waals surface area contributed by atoms with Gasteiger partial charge in [-0.05, 0) is 45.1 Å². The van der Waals surface area contributed by atoms with Crippen LogP contribution in [0.5, 0.6) is 0 Å². The van der Waals surface area contributed by atoms with E-state index in [0.29, 0.717) is 6.04 Å². The van der Waals surface area contributed by atoms with Gasteiger partial charge in [0.2, 0.25) is 5.91 Å². The fourth-order valence-corrected chi connectivity index (χ4v) is 4.84. The van der Waals surface area contributed by atoms with Gasteiger partial charge in [0.25, 0.3) is 0 Å². The number of hydrogen-bond donors (Lipinski definition) is 2. The molecule has 5 rings (SSSR count). The van der Waals surface area contributed by atoms with Gasteiger partial charge in [0, 0.05) is 48.4 Å². The largest absolute Gasteiger partial charge is 0.356 e. The number of amides is 1.